The monoisotopic (exact) mass is 511 g/mol. The van der Waals surface area contributed by atoms with Crippen LogP contribution < -0.4 is 10.9 Å². The van der Waals surface area contributed by atoms with Gasteiger partial charge in [-0.25, -0.2) is 4.79 Å². The number of esters is 1. The first kappa shape index (κ1) is 25.9. The highest BCUT2D eigenvalue weighted by molar-refractivity contribution is 6.30. The number of aromatic nitrogens is 1. The van der Waals surface area contributed by atoms with Crippen molar-refractivity contribution in [2.24, 2.45) is 0 Å². The molecular weight excluding hydrogens is 482 g/mol. The smallest absolute Gasteiger partial charge is 0.328 e. The summed E-state index contributed by atoms with van der Waals surface area (Å²) in [5, 5.41) is 4.10. The van der Waals surface area contributed by atoms with Crippen LogP contribution in [0.25, 0.3) is 10.9 Å². The van der Waals surface area contributed by atoms with E-state index in [4.69, 9.17) is 21.1 Å². The quantitative estimate of drug-likeness (QED) is 0.320. The van der Waals surface area contributed by atoms with Gasteiger partial charge in [-0.1, -0.05) is 29.8 Å². The summed E-state index contributed by atoms with van der Waals surface area (Å²) in [6, 6.07) is 14.3. The molecule has 190 valence electrons. The molecule has 1 aromatic heterocycles. The summed E-state index contributed by atoms with van der Waals surface area (Å²) in [7, 11) is 0. The third-order valence-corrected chi connectivity index (χ3v) is 6.43. The molecular formula is C27H30ClN3O5. The molecule has 1 fully saturated rings. The van der Waals surface area contributed by atoms with E-state index >= 15 is 0 Å². The number of unbranched alkanes of at least 4 members (excludes halogenated alkanes) is 1. The van der Waals surface area contributed by atoms with Gasteiger partial charge in [0.25, 0.3) is 5.91 Å². The van der Waals surface area contributed by atoms with Gasteiger partial charge in [-0.3, -0.25) is 14.5 Å². The van der Waals surface area contributed by atoms with Crippen LogP contribution >= 0.6 is 11.6 Å². The highest BCUT2D eigenvalue weighted by Gasteiger charge is 2.24. The van der Waals surface area contributed by atoms with Crippen molar-refractivity contribution in [3.8, 4) is 0 Å². The molecule has 0 bridgehead atoms. The van der Waals surface area contributed by atoms with Crippen LogP contribution in [0.2, 0.25) is 5.02 Å². The fourth-order valence-corrected chi connectivity index (χ4v) is 4.36. The maximum Gasteiger partial charge on any atom is 0.328 e. The van der Waals surface area contributed by atoms with Crippen molar-refractivity contribution in [2.75, 3.05) is 39.5 Å². The Hall–Kier alpha value is -3.20. The maximum absolute atomic E-state index is 13.1. The lowest BCUT2D eigenvalue weighted by Gasteiger charge is -2.26. The summed E-state index contributed by atoms with van der Waals surface area (Å²) >= 11 is 5.94. The van der Waals surface area contributed by atoms with E-state index < -0.39 is 17.9 Å². The fourth-order valence-electron chi connectivity index (χ4n) is 4.24. The number of rotatable bonds is 10. The predicted molar refractivity (Wildman–Crippen MR) is 138 cm³/mol. The van der Waals surface area contributed by atoms with Gasteiger partial charge in [-0.05, 0) is 55.3 Å². The Balaban J connectivity index is 1.43. The highest BCUT2D eigenvalue weighted by Crippen LogP contribution is 2.17. The lowest BCUT2D eigenvalue weighted by molar-refractivity contribution is -0.146. The zero-order valence-corrected chi connectivity index (χ0v) is 20.8. The van der Waals surface area contributed by atoms with E-state index in [9.17, 15) is 14.4 Å². The lowest BCUT2D eigenvalue weighted by Crippen LogP contribution is -2.43. The van der Waals surface area contributed by atoms with E-state index in [0.29, 0.717) is 21.7 Å². The molecule has 1 amide bonds. The topological polar surface area (TPSA) is 101 Å². The number of amides is 1. The SMILES string of the molecule is O=C(NC(Cc1cc(=O)[nH]c2ccccc12)C(=O)OCCCCN1CCOCC1)c1ccc(Cl)cc1. The van der Waals surface area contributed by atoms with Crippen LogP contribution in [0.3, 0.4) is 0 Å². The number of benzene rings is 2. The van der Waals surface area contributed by atoms with Gasteiger partial charge >= 0.3 is 5.97 Å². The Morgan fingerprint density at radius 1 is 1.08 bits per heavy atom. The number of pyridine rings is 1. The van der Waals surface area contributed by atoms with Gasteiger partial charge in [0.1, 0.15) is 6.04 Å². The lowest BCUT2D eigenvalue weighted by atomic mass is 10.0. The van der Waals surface area contributed by atoms with Crippen LogP contribution in [-0.2, 0) is 20.7 Å². The number of aromatic amines is 1. The average molecular weight is 512 g/mol. The molecule has 1 unspecified atom stereocenters. The van der Waals surface area contributed by atoms with Crippen molar-refractivity contribution >= 4 is 34.4 Å². The molecule has 2 N–H and O–H groups in total. The van der Waals surface area contributed by atoms with Crippen molar-refractivity contribution in [3.05, 3.63) is 81.1 Å². The van der Waals surface area contributed by atoms with Crippen molar-refractivity contribution in [1.29, 1.82) is 0 Å². The number of carbonyl (C=O) groups is 2. The fraction of sp³-hybridized carbons (Fsp3) is 0.370. The zero-order valence-electron chi connectivity index (χ0n) is 20.0. The molecule has 0 spiro atoms. The van der Waals surface area contributed by atoms with Crippen LogP contribution in [0.1, 0.15) is 28.8 Å². The van der Waals surface area contributed by atoms with Crippen LogP contribution in [0.4, 0.5) is 0 Å². The number of halogens is 1. The number of nitrogens with one attached hydrogen (secondary N) is 2. The highest BCUT2D eigenvalue weighted by atomic mass is 35.5. The number of nitrogens with zero attached hydrogens (tertiary/aromatic N) is 1. The molecule has 3 aromatic rings. The summed E-state index contributed by atoms with van der Waals surface area (Å²) in [5.74, 6) is -0.955. The van der Waals surface area contributed by atoms with Crippen LogP contribution in [0, 0.1) is 0 Å². The van der Waals surface area contributed by atoms with E-state index in [0.717, 1.165) is 51.1 Å². The molecule has 2 aromatic carbocycles. The first-order valence-corrected chi connectivity index (χ1v) is 12.5. The largest absolute Gasteiger partial charge is 0.464 e. The van der Waals surface area contributed by atoms with Crippen molar-refractivity contribution in [1.82, 2.24) is 15.2 Å². The molecule has 1 aliphatic heterocycles. The first-order valence-electron chi connectivity index (χ1n) is 12.1. The molecule has 1 saturated heterocycles. The third kappa shape index (κ3) is 7.16. The van der Waals surface area contributed by atoms with Gasteiger partial charge < -0.3 is 19.8 Å². The number of ether oxygens (including phenoxy) is 2. The summed E-state index contributed by atoms with van der Waals surface area (Å²) in [4.78, 5) is 43.3. The van der Waals surface area contributed by atoms with Crippen molar-refractivity contribution < 1.29 is 19.1 Å². The first-order chi connectivity index (χ1) is 17.5. The zero-order chi connectivity index (χ0) is 25.3. The van der Waals surface area contributed by atoms with Crippen molar-refractivity contribution in [3.63, 3.8) is 0 Å². The Labute approximate surface area is 214 Å². The molecule has 36 heavy (non-hydrogen) atoms. The van der Waals surface area contributed by atoms with Crippen LogP contribution in [-0.4, -0.2) is 67.3 Å². The summed E-state index contributed by atoms with van der Waals surface area (Å²) < 4.78 is 10.9. The Bertz CT molecular complexity index is 1240. The number of fused-ring (bicyclic) bond motifs is 1. The van der Waals surface area contributed by atoms with E-state index in [1.54, 1.807) is 30.3 Å². The minimum Gasteiger partial charge on any atom is -0.464 e. The molecule has 0 saturated carbocycles. The van der Waals surface area contributed by atoms with Crippen molar-refractivity contribution in [2.45, 2.75) is 25.3 Å². The van der Waals surface area contributed by atoms with E-state index in [-0.39, 0.29) is 18.6 Å². The summed E-state index contributed by atoms with van der Waals surface area (Å²) in [5.41, 5.74) is 1.42. The molecule has 2 heterocycles. The molecule has 8 nitrogen and oxygen atoms in total. The Kier molecular flexibility index (Phi) is 9.11. The third-order valence-electron chi connectivity index (χ3n) is 6.17. The Morgan fingerprint density at radius 2 is 1.83 bits per heavy atom. The maximum atomic E-state index is 13.1. The average Bonchev–Trinajstić information content (AvgIpc) is 2.88. The van der Waals surface area contributed by atoms with E-state index in [1.807, 2.05) is 18.2 Å². The second-order valence-electron chi connectivity index (χ2n) is 8.77. The normalized spacial score (nSPS) is 14.9. The minimum absolute atomic E-state index is 0.121. The summed E-state index contributed by atoms with van der Waals surface area (Å²) in [6.45, 7) is 4.52. The van der Waals surface area contributed by atoms with Gasteiger partial charge in [0.15, 0.2) is 0 Å². The van der Waals surface area contributed by atoms with Crippen LogP contribution in [0.15, 0.2) is 59.4 Å². The molecule has 4 rings (SSSR count). The molecule has 0 radical (unpaired) electrons. The van der Waals surface area contributed by atoms with E-state index in [2.05, 4.69) is 15.2 Å². The minimum atomic E-state index is -0.961. The second-order valence-corrected chi connectivity index (χ2v) is 9.21. The number of hydrogen-bond donors (Lipinski definition) is 2. The van der Waals surface area contributed by atoms with E-state index in [1.165, 1.54) is 6.07 Å². The second kappa shape index (κ2) is 12.7. The van der Waals surface area contributed by atoms with Gasteiger partial charge in [-0.15, -0.1) is 0 Å². The van der Waals surface area contributed by atoms with Gasteiger partial charge in [0, 0.05) is 47.1 Å². The number of H-pyrrole nitrogens is 1. The number of para-hydroxylation sites is 1. The number of hydrogen-bond acceptors (Lipinski definition) is 6. The molecule has 1 atom stereocenters. The van der Waals surface area contributed by atoms with Gasteiger partial charge in [-0.2, -0.15) is 0 Å². The number of morpholine rings is 1. The molecule has 1 aliphatic rings. The van der Waals surface area contributed by atoms with Gasteiger partial charge in [0.05, 0.1) is 19.8 Å². The molecule has 9 heteroatoms. The molecule has 0 aliphatic carbocycles. The standard InChI is InChI=1S/C27H30ClN3O5/c28-21-9-7-19(8-10-21)26(33)30-24(17-20-18-25(32)29-23-6-2-1-5-22(20)23)27(34)36-14-4-3-11-31-12-15-35-16-13-31/h1-2,5-10,18,24H,3-4,11-17H2,(H,29,32)(H,30,33). The number of carbonyl (C=O) groups excluding carboxylic acids is 2. The Morgan fingerprint density at radius 3 is 2.61 bits per heavy atom. The van der Waals surface area contributed by atoms with Gasteiger partial charge in [0.2, 0.25) is 5.56 Å². The van der Waals surface area contributed by atoms with Crippen LogP contribution in [0.5, 0.6) is 0 Å². The summed E-state index contributed by atoms with van der Waals surface area (Å²) in [6.07, 6.45) is 1.74. The predicted octanol–water partition coefficient (Wildman–Crippen LogP) is 3.18.